The smallest absolute Gasteiger partial charge is 0.274 e. The fourth-order valence-electron chi connectivity index (χ4n) is 1.80. The second kappa shape index (κ2) is 5.72. The number of anilines is 1. The van der Waals surface area contributed by atoms with E-state index in [1.54, 1.807) is 31.4 Å². The third-order valence-electron chi connectivity index (χ3n) is 2.82. The van der Waals surface area contributed by atoms with Gasteiger partial charge in [-0.05, 0) is 47.5 Å². The van der Waals surface area contributed by atoms with E-state index >= 15 is 0 Å². The monoisotopic (exact) mass is 354 g/mol. The number of hydrogen-bond acceptors (Lipinski definition) is 4. The highest BCUT2D eigenvalue weighted by molar-refractivity contribution is 9.11. The Bertz CT molecular complexity index is 697. The molecule has 20 heavy (non-hydrogen) atoms. The van der Waals surface area contributed by atoms with Crippen molar-refractivity contribution < 1.29 is 9.72 Å². The first-order valence-electron chi connectivity index (χ1n) is 5.69. The van der Waals surface area contributed by atoms with Crippen molar-refractivity contribution in [2.24, 2.45) is 0 Å². The van der Waals surface area contributed by atoms with E-state index in [4.69, 9.17) is 0 Å². The van der Waals surface area contributed by atoms with Gasteiger partial charge in [0, 0.05) is 17.0 Å². The summed E-state index contributed by atoms with van der Waals surface area (Å²) in [6, 6.07) is 4.79. The predicted octanol–water partition coefficient (Wildman–Crippen LogP) is 4.29. The minimum Gasteiger partial charge on any atom is -0.321 e. The molecule has 2 aromatic rings. The van der Waals surface area contributed by atoms with E-state index in [2.05, 4.69) is 21.2 Å². The highest BCUT2D eigenvalue weighted by atomic mass is 79.9. The molecule has 0 saturated heterocycles. The van der Waals surface area contributed by atoms with Gasteiger partial charge in [-0.3, -0.25) is 14.9 Å². The fourth-order valence-corrected chi connectivity index (χ4v) is 2.93. The van der Waals surface area contributed by atoms with Crippen molar-refractivity contribution in [2.75, 3.05) is 5.32 Å². The van der Waals surface area contributed by atoms with Crippen molar-refractivity contribution in [1.82, 2.24) is 0 Å². The summed E-state index contributed by atoms with van der Waals surface area (Å²) in [5, 5.41) is 15.4. The van der Waals surface area contributed by atoms with Gasteiger partial charge in [-0.25, -0.2) is 0 Å². The number of hydrogen-bond donors (Lipinski definition) is 1. The summed E-state index contributed by atoms with van der Waals surface area (Å²) in [5.41, 5.74) is 2.33. The standard InChI is InChI=1S/C13H11BrN2O3S/c1-7-3-8(2)11(16(18)19)5-10(7)15-13(17)9-4-12(14)20-6-9/h3-6H,1-2H3,(H,15,17). The maximum absolute atomic E-state index is 12.1. The molecule has 0 radical (unpaired) electrons. The van der Waals surface area contributed by atoms with Gasteiger partial charge in [-0.2, -0.15) is 0 Å². The number of nitro benzene ring substituents is 1. The molecule has 1 N–H and O–H groups in total. The number of nitro groups is 1. The van der Waals surface area contributed by atoms with Gasteiger partial charge < -0.3 is 5.32 Å². The zero-order valence-electron chi connectivity index (χ0n) is 10.8. The van der Waals surface area contributed by atoms with Crippen LogP contribution in [0.2, 0.25) is 0 Å². The van der Waals surface area contributed by atoms with Crippen LogP contribution in [0, 0.1) is 24.0 Å². The number of nitrogens with one attached hydrogen (secondary N) is 1. The van der Waals surface area contributed by atoms with Crippen molar-refractivity contribution in [1.29, 1.82) is 0 Å². The Morgan fingerprint density at radius 3 is 2.55 bits per heavy atom. The average molecular weight is 355 g/mol. The molecular weight excluding hydrogens is 344 g/mol. The van der Waals surface area contributed by atoms with Gasteiger partial charge in [0.25, 0.3) is 11.6 Å². The van der Waals surface area contributed by atoms with E-state index in [0.29, 0.717) is 16.8 Å². The van der Waals surface area contributed by atoms with Gasteiger partial charge in [-0.1, -0.05) is 0 Å². The Morgan fingerprint density at radius 1 is 1.30 bits per heavy atom. The lowest BCUT2D eigenvalue weighted by Gasteiger charge is -2.09. The van der Waals surface area contributed by atoms with Gasteiger partial charge in [0.1, 0.15) is 0 Å². The van der Waals surface area contributed by atoms with Crippen LogP contribution in [0.5, 0.6) is 0 Å². The summed E-state index contributed by atoms with van der Waals surface area (Å²) in [6.45, 7) is 3.47. The van der Waals surface area contributed by atoms with Crippen molar-refractivity contribution in [3.63, 3.8) is 0 Å². The molecule has 1 aromatic carbocycles. The lowest BCUT2D eigenvalue weighted by molar-refractivity contribution is -0.385. The van der Waals surface area contributed by atoms with Crippen molar-refractivity contribution in [3.8, 4) is 0 Å². The third kappa shape index (κ3) is 3.05. The van der Waals surface area contributed by atoms with Gasteiger partial charge in [-0.15, -0.1) is 11.3 Å². The minimum absolute atomic E-state index is 0.00241. The fraction of sp³-hybridized carbons (Fsp3) is 0.154. The molecule has 0 aliphatic rings. The maximum atomic E-state index is 12.1. The number of halogens is 1. The Kier molecular flexibility index (Phi) is 4.20. The van der Waals surface area contributed by atoms with Crippen LogP contribution in [-0.2, 0) is 0 Å². The Balaban J connectivity index is 2.31. The Morgan fingerprint density at radius 2 is 2.00 bits per heavy atom. The summed E-state index contributed by atoms with van der Waals surface area (Å²) in [7, 11) is 0. The van der Waals surface area contributed by atoms with Crippen LogP contribution in [0.4, 0.5) is 11.4 Å². The zero-order valence-corrected chi connectivity index (χ0v) is 13.2. The number of amides is 1. The molecule has 0 aliphatic heterocycles. The second-order valence-corrected chi connectivity index (χ2v) is 6.59. The highest BCUT2D eigenvalue weighted by Crippen LogP contribution is 2.27. The maximum Gasteiger partial charge on any atom is 0.274 e. The van der Waals surface area contributed by atoms with Gasteiger partial charge in [0.05, 0.1) is 20.0 Å². The summed E-state index contributed by atoms with van der Waals surface area (Å²) in [4.78, 5) is 22.5. The van der Waals surface area contributed by atoms with E-state index in [0.717, 1.165) is 9.35 Å². The van der Waals surface area contributed by atoms with Gasteiger partial charge in [0.15, 0.2) is 0 Å². The van der Waals surface area contributed by atoms with Crippen molar-refractivity contribution in [3.05, 3.63) is 54.2 Å². The molecule has 0 aliphatic carbocycles. The van der Waals surface area contributed by atoms with Crippen molar-refractivity contribution in [2.45, 2.75) is 13.8 Å². The Labute approximate surface area is 127 Å². The summed E-state index contributed by atoms with van der Waals surface area (Å²) < 4.78 is 0.856. The third-order valence-corrected chi connectivity index (χ3v) is 4.32. The molecule has 5 nitrogen and oxygen atoms in total. The molecule has 1 amide bonds. The molecule has 0 spiro atoms. The molecule has 7 heteroatoms. The van der Waals surface area contributed by atoms with E-state index in [1.807, 2.05) is 0 Å². The number of rotatable bonds is 3. The summed E-state index contributed by atoms with van der Waals surface area (Å²) in [6.07, 6.45) is 0. The molecular formula is C13H11BrN2O3S. The molecule has 0 bridgehead atoms. The summed E-state index contributed by atoms with van der Waals surface area (Å²) >= 11 is 4.70. The molecule has 0 fully saturated rings. The van der Waals surface area contributed by atoms with E-state index in [1.165, 1.54) is 17.4 Å². The van der Waals surface area contributed by atoms with E-state index < -0.39 is 4.92 Å². The molecule has 0 unspecified atom stereocenters. The van der Waals surface area contributed by atoms with Crippen LogP contribution in [0.15, 0.2) is 27.4 Å². The van der Waals surface area contributed by atoms with Crippen LogP contribution in [-0.4, -0.2) is 10.8 Å². The molecule has 0 atom stereocenters. The predicted molar refractivity (Wildman–Crippen MR) is 82.5 cm³/mol. The second-order valence-electron chi connectivity index (χ2n) is 4.30. The first kappa shape index (κ1) is 14.7. The van der Waals surface area contributed by atoms with Crippen LogP contribution in [0.1, 0.15) is 21.5 Å². The topological polar surface area (TPSA) is 72.2 Å². The minimum atomic E-state index is -0.453. The van der Waals surface area contributed by atoms with Crippen LogP contribution < -0.4 is 5.32 Å². The average Bonchev–Trinajstić information content (AvgIpc) is 2.79. The zero-order chi connectivity index (χ0) is 14.9. The lowest BCUT2D eigenvalue weighted by atomic mass is 10.1. The molecule has 0 saturated carbocycles. The molecule has 104 valence electrons. The number of aryl methyl sites for hydroxylation is 2. The lowest BCUT2D eigenvalue weighted by Crippen LogP contribution is -2.12. The normalized spacial score (nSPS) is 10.3. The van der Waals surface area contributed by atoms with Crippen LogP contribution in [0.3, 0.4) is 0 Å². The molecule has 1 heterocycles. The Hall–Kier alpha value is -1.73. The van der Waals surface area contributed by atoms with E-state index in [-0.39, 0.29) is 11.6 Å². The number of nitrogens with zero attached hydrogens (tertiary/aromatic N) is 1. The summed E-state index contributed by atoms with van der Waals surface area (Å²) in [5.74, 6) is -0.284. The quantitative estimate of drug-likeness (QED) is 0.660. The van der Waals surface area contributed by atoms with Gasteiger partial charge >= 0.3 is 0 Å². The van der Waals surface area contributed by atoms with Crippen LogP contribution >= 0.6 is 27.3 Å². The number of carbonyl (C=O) groups excluding carboxylic acids is 1. The van der Waals surface area contributed by atoms with E-state index in [9.17, 15) is 14.9 Å². The van der Waals surface area contributed by atoms with Crippen molar-refractivity contribution >= 4 is 44.5 Å². The van der Waals surface area contributed by atoms with Gasteiger partial charge in [0.2, 0.25) is 0 Å². The number of carbonyl (C=O) groups is 1. The first-order chi connectivity index (χ1) is 9.38. The molecule has 2 rings (SSSR count). The molecule has 1 aromatic heterocycles. The SMILES string of the molecule is Cc1cc(C)c([N+](=O)[O-])cc1NC(=O)c1csc(Br)c1. The first-order valence-corrected chi connectivity index (χ1v) is 7.37. The number of benzene rings is 1. The van der Waals surface area contributed by atoms with Crippen LogP contribution in [0.25, 0.3) is 0 Å². The largest absolute Gasteiger partial charge is 0.321 e. The highest BCUT2D eigenvalue weighted by Gasteiger charge is 2.16. The number of thiophene rings is 1.